The predicted octanol–water partition coefficient (Wildman–Crippen LogP) is 0.982. The van der Waals surface area contributed by atoms with Crippen molar-refractivity contribution in [2.24, 2.45) is 0 Å². The lowest BCUT2D eigenvalue weighted by Gasteiger charge is -2.58. The van der Waals surface area contributed by atoms with E-state index in [-0.39, 0.29) is 17.7 Å². The first kappa shape index (κ1) is 16.9. The summed E-state index contributed by atoms with van der Waals surface area (Å²) >= 11 is 0. The maximum atomic E-state index is 9.76. The number of nitrogens with zero attached hydrogens (tertiary/aromatic N) is 1. The van der Waals surface area contributed by atoms with Crippen molar-refractivity contribution in [2.45, 2.75) is 63.5 Å². The topological polar surface area (TPSA) is 62.2 Å². The van der Waals surface area contributed by atoms with Gasteiger partial charge in [-0.2, -0.15) is 0 Å². The molecule has 1 unspecified atom stereocenters. The normalized spacial score (nSPS) is 27.2. The van der Waals surface area contributed by atoms with Crippen molar-refractivity contribution in [2.75, 3.05) is 27.4 Å². The van der Waals surface area contributed by atoms with Gasteiger partial charge in [-0.1, -0.05) is 0 Å². The molecule has 0 amide bonds. The Bertz CT molecular complexity index is 280. The second kappa shape index (κ2) is 5.66. The first-order valence-corrected chi connectivity index (χ1v) is 6.79. The van der Waals surface area contributed by atoms with Gasteiger partial charge in [-0.25, -0.2) is 0 Å². The average Bonchev–Trinajstić information content (AvgIpc) is 2.32. The minimum absolute atomic E-state index is 0.191. The largest absolute Gasteiger partial charge is 0.394 e. The molecule has 5 heteroatoms. The van der Waals surface area contributed by atoms with Crippen LogP contribution in [0, 0.1) is 0 Å². The minimum Gasteiger partial charge on any atom is -0.394 e. The molecule has 19 heavy (non-hydrogen) atoms. The van der Waals surface area contributed by atoms with Crippen LogP contribution in [0.25, 0.3) is 0 Å². The van der Waals surface area contributed by atoms with E-state index in [1.807, 2.05) is 0 Å². The molecule has 5 nitrogen and oxygen atoms in total. The molecular weight excluding hydrogens is 246 g/mol. The van der Waals surface area contributed by atoms with E-state index in [1.165, 1.54) is 0 Å². The van der Waals surface area contributed by atoms with Crippen LogP contribution < -0.4 is 0 Å². The summed E-state index contributed by atoms with van der Waals surface area (Å²) in [5.74, 6) is -0.590. The smallest absolute Gasteiger partial charge is 0.171 e. The molecular formula is C14H29NO4. The van der Waals surface area contributed by atoms with Crippen LogP contribution in [-0.2, 0) is 9.47 Å². The maximum Gasteiger partial charge on any atom is 0.171 e. The average molecular weight is 275 g/mol. The summed E-state index contributed by atoms with van der Waals surface area (Å²) in [5.41, 5.74) is -0.381. The van der Waals surface area contributed by atoms with E-state index in [2.05, 4.69) is 32.6 Å². The lowest BCUT2D eigenvalue weighted by atomic mass is 9.75. The van der Waals surface area contributed by atoms with Crippen LogP contribution >= 0.6 is 0 Å². The van der Waals surface area contributed by atoms with Crippen molar-refractivity contribution < 1.29 is 19.7 Å². The van der Waals surface area contributed by atoms with Gasteiger partial charge in [0.1, 0.15) is 0 Å². The van der Waals surface area contributed by atoms with Crippen LogP contribution in [0.15, 0.2) is 0 Å². The molecule has 0 radical (unpaired) electrons. The Hall–Kier alpha value is -0.200. The molecule has 1 saturated heterocycles. The predicted molar refractivity (Wildman–Crippen MR) is 73.9 cm³/mol. The standard InChI is InChI=1S/C14H29NO4/c1-12(2)9-14(18-5,19-6)10-13(3,4)15(12)7-11(17)8-16/h11,16-17H,7-10H2,1-6H3. The zero-order chi connectivity index (χ0) is 14.9. The van der Waals surface area contributed by atoms with Crippen molar-refractivity contribution in [3.05, 3.63) is 0 Å². The molecule has 0 aromatic rings. The summed E-state index contributed by atoms with van der Waals surface area (Å²) < 4.78 is 11.2. The zero-order valence-electron chi connectivity index (χ0n) is 13.1. The Kier molecular flexibility index (Phi) is 5.02. The first-order valence-electron chi connectivity index (χ1n) is 6.79. The number of rotatable bonds is 5. The molecule has 1 aliphatic rings. The number of ether oxygens (including phenoxy) is 2. The van der Waals surface area contributed by atoms with Gasteiger partial charge in [0, 0.05) is 44.7 Å². The lowest BCUT2D eigenvalue weighted by molar-refractivity contribution is -0.274. The quantitative estimate of drug-likeness (QED) is 0.732. The summed E-state index contributed by atoms with van der Waals surface area (Å²) in [5, 5.41) is 18.8. The van der Waals surface area contributed by atoms with Gasteiger partial charge in [0.15, 0.2) is 5.79 Å². The van der Waals surface area contributed by atoms with Gasteiger partial charge in [-0.15, -0.1) is 0 Å². The molecule has 0 aliphatic carbocycles. The number of aliphatic hydroxyl groups excluding tert-OH is 2. The van der Waals surface area contributed by atoms with E-state index in [4.69, 9.17) is 14.6 Å². The fourth-order valence-electron chi connectivity index (χ4n) is 3.53. The summed E-state index contributed by atoms with van der Waals surface area (Å²) in [7, 11) is 3.35. The van der Waals surface area contributed by atoms with E-state index in [9.17, 15) is 5.11 Å². The zero-order valence-corrected chi connectivity index (χ0v) is 13.1. The number of hydrogen-bond donors (Lipinski definition) is 2. The Morgan fingerprint density at radius 2 is 1.47 bits per heavy atom. The van der Waals surface area contributed by atoms with Crippen LogP contribution in [0.4, 0.5) is 0 Å². The molecule has 114 valence electrons. The number of likely N-dealkylation sites (tertiary alicyclic amines) is 1. The van der Waals surface area contributed by atoms with Crippen LogP contribution in [-0.4, -0.2) is 65.5 Å². The van der Waals surface area contributed by atoms with E-state index >= 15 is 0 Å². The third-order valence-electron chi connectivity index (χ3n) is 4.21. The van der Waals surface area contributed by atoms with Crippen LogP contribution in [0.2, 0.25) is 0 Å². The number of hydrogen-bond acceptors (Lipinski definition) is 5. The summed E-state index contributed by atoms with van der Waals surface area (Å²) in [4.78, 5) is 2.23. The molecule has 0 bridgehead atoms. The Morgan fingerprint density at radius 1 is 1.05 bits per heavy atom. The van der Waals surface area contributed by atoms with E-state index in [0.29, 0.717) is 19.4 Å². The molecule has 1 heterocycles. The monoisotopic (exact) mass is 275 g/mol. The van der Waals surface area contributed by atoms with E-state index in [1.54, 1.807) is 14.2 Å². The molecule has 2 N–H and O–H groups in total. The Balaban J connectivity index is 3.02. The highest BCUT2D eigenvalue weighted by Gasteiger charge is 2.53. The first-order chi connectivity index (χ1) is 8.62. The fraction of sp³-hybridized carbons (Fsp3) is 1.00. The lowest BCUT2D eigenvalue weighted by Crippen LogP contribution is -2.67. The van der Waals surface area contributed by atoms with Gasteiger partial charge in [0.05, 0.1) is 12.7 Å². The van der Waals surface area contributed by atoms with Gasteiger partial charge < -0.3 is 19.7 Å². The van der Waals surface area contributed by atoms with Crippen LogP contribution in [0.1, 0.15) is 40.5 Å². The van der Waals surface area contributed by atoms with Crippen LogP contribution in [0.5, 0.6) is 0 Å². The maximum absolute atomic E-state index is 9.76. The van der Waals surface area contributed by atoms with Crippen molar-refractivity contribution in [1.82, 2.24) is 4.90 Å². The highest BCUT2D eigenvalue weighted by atomic mass is 16.7. The molecule has 0 saturated carbocycles. The van der Waals surface area contributed by atoms with Gasteiger partial charge in [0.2, 0.25) is 0 Å². The molecule has 1 rings (SSSR count). The Morgan fingerprint density at radius 3 is 1.79 bits per heavy atom. The number of aliphatic hydroxyl groups is 2. The number of piperidine rings is 1. The van der Waals surface area contributed by atoms with Crippen molar-refractivity contribution >= 4 is 0 Å². The number of methoxy groups -OCH3 is 2. The van der Waals surface area contributed by atoms with Crippen molar-refractivity contribution in [3.63, 3.8) is 0 Å². The third kappa shape index (κ3) is 3.47. The second-order valence-electron chi connectivity index (χ2n) is 6.74. The third-order valence-corrected chi connectivity index (χ3v) is 4.21. The van der Waals surface area contributed by atoms with E-state index < -0.39 is 11.9 Å². The van der Waals surface area contributed by atoms with Gasteiger partial charge in [-0.05, 0) is 27.7 Å². The SMILES string of the molecule is COC1(OC)CC(C)(C)N(CC(O)CO)C(C)(C)C1. The van der Waals surface area contributed by atoms with Gasteiger partial charge in [0.25, 0.3) is 0 Å². The highest BCUT2D eigenvalue weighted by Crippen LogP contribution is 2.45. The Labute approximate surface area is 116 Å². The van der Waals surface area contributed by atoms with Crippen molar-refractivity contribution in [1.29, 1.82) is 0 Å². The van der Waals surface area contributed by atoms with Crippen LogP contribution in [0.3, 0.4) is 0 Å². The minimum atomic E-state index is -0.726. The molecule has 1 atom stereocenters. The number of β-amino-alcohol motifs (C(OH)–C–C–N with tert-alkyl or cyclic N) is 1. The molecule has 1 aliphatic heterocycles. The fourth-order valence-corrected chi connectivity index (χ4v) is 3.53. The molecule has 0 aromatic carbocycles. The highest BCUT2D eigenvalue weighted by molar-refractivity contribution is 5.04. The van der Waals surface area contributed by atoms with E-state index in [0.717, 1.165) is 0 Å². The van der Waals surface area contributed by atoms with Gasteiger partial charge >= 0.3 is 0 Å². The van der Waals surface area contributed by atoms with Gasteiger partial charge in [-0.3, -0.25) is 4.90 Å². The summed E-state index contributed by atoms with van der Waals surface area (Å²) in [6, 6.07) is 0. The molecule has 0 spiro atoms. The summed E-state index contributed by atoms with van der Waals surface area (Å²) in [6.07, 6.45) is 0.708. The second-order valence-corrected chi connectivity index (χ2v) is 6.74. The molecule has 1 fully saturated rings. The molecule has 0 aromatic heterocycles. The summed E-state index contributed by atoms with van der Waals surface area (Å²) in [6.45, 7) is 8.69. The van der Waals surface area contributed by atoms with Crippen molar-refractivity contribution in [3.8, 4) is 0 Å².